The molecule has 0 fully saturated rings. The number of sulfonamides is 1. The predicted molar refractivity (Wildman–Crippen MR) is 76.1 cm³/mol. The topological polar surface area (TPSA) is 75.7 Å². The van der Waals surface area contributed by atoms with Crippen LogP contribution in [-0.2, 0) is 14.8 Å². The number of benzene rings is 1. The van der Waals surface area contributed by atoms with E-state index in [-0.39, 0.29) is 23.7 Å². The summed E-state index contributed by atoms with van der Waals surface area (Å²) in [6.07, 6.45) is 0. The van der Waals surface area contributed by atoms with Crippen LogP contribution in [0.4, 0.5) is 4.39 Å². The van der Waals surface area contributed by atoms with Crippen molar-refractivity contribution in [3.05, 3.63) is 24.0 Å². The van der Waals surface area contributed by atoms with E-state index in [0.717, 1.165) is 16.4 Å². The molecule has 0 bridgehead atoms. The smallest absolute Gasteiger partial charge is 0.247 e. The summed E-state index contributed by atoms with van der Waals surface area (Å²) < 4.78 is 44.3. The molecule has 1 N–H and O–H groups in total. The van der Waals surface area contributed by atoms with Gasteiger partial charge in [0.1, 0.15) is 16.5 Å². The summed E-state index contributed by atoms with van der Waals surface area (Å²) in [5, 5.41) is 2.52. The molecule has 6 nitrogen and oxygen atoms in total. The van der Waals surface area contributed by atoms with Crippen LogP contribution < -0.4 is 10.1 Å². The van der Waals surface area contributed by atoms with Gasteiger partial charge in [0.25, 0.3) is 0 Å². The first kappa shape index (κ1) is 17.4. The lowest BCUT2D eigenvalue weighted by Gasteiger charge is -2.21. The van der Waals surface area contributed by atoms with Crippen molar-refractivity contribution in [1.29, 1.82) is 0 Å². The zero-order valence-electron chi connectivity index (χ0n) is 12.2. The summed E-state index contributed by atoms with van der Waals surface area (Å²) in [5.74, 6) is -1.08. The third-order valence-electron chi connectivity index (χ3n) is 2.79. The first-order chi connectivity index (χ1) is 9.86. The Kier molecular flexibility index (Phi) is 6.10. The number of hydrogen-bond acceptors (Lipinski definition) is 4. The minimum absolute atomic E-state index is 0.0331. The molecule has 0 heterocycles. The lowest BCUT2D eigenvalue weighted by Crippen LogP contribution is -2.40. The second kappa shape index (κ2) is 7.37. The summed E-state index contributed by atoms with van der Waals surface area (Å²) >= 11 is 0. The minimum Gasteiger partial charge on any atom is -0.495 e. The second-order valence-electron chi connectivity index (χ2n) is 4.18. The Morgan fingerprint density at radius 3 is 2.57 bits per heavy atom. The van der Waals surface area contributed by atoms with Gasteiger partial charge in [-0.25, -0.2) is 12.8 Å². The Morgan fingerprint density at radius 2 is 2.05 bits per heavy atom. The Morgan fingerprint density at radius 1 is 1.38 bits per heavy atom. The van der Waals surface area contributed by atoms with Gasteiger partial charge in [-0.1, -0.05) is 6.92 Å². The van der Waals surface area contributed by atoms with Gasteiger partial charge >= 0.3 is 0 Å². The van der Waals surface area contributed by atoms with E-state index in [4.69, 9.17) is 4.74 Å². The van der Waals surface area contributed by atoms with E-state index in [1.165, 1.54) is 13.2 Å². The van der Waals surface area contributed by atoms with Crippen LogP contribution in [0.25, 0.3) is 0 Å². The molecular formula is C13H19FN2O4S. The number of halogens is 1. The van der Waals surface area contributed by atoms with Crippen LogP contribution in [0.1, 0.15) is 13.8 Å². The van der Waals surface area contributed by atoms with E-state index in [2.05, 4.69) is 5.32 Å². The highest BCUT2D eigenvalue weighted by Gasteiger charge is 2.28. The quantitative estimate of drug-likeness (QED) is 0.813. The van der Waals surface area contributed by atoms with Gasteiger partial charge in [-0.2, -0.15) is 4.31 Å². The molecule has 0 radical (unpaired) electrons. The molecule has 0 atom stereocenters. The van der Waals surface area contributed by atoms with Crippen molar-refractivity contribution in [2.45, 2.75) is 18.7 Å². The largest absolute Gasteiger partial charge is 0.495 e. The number of ether oxygens (including phenoxy) is 1. The zero-order valence-corrected chi connectivity index (χ0v) is 13.0. The third kappa shape index (κ3) is 4.15. The first-order valence-corrected chi connectivity index (χ1v) is 7.91. The van der Waals surface area contributed by atoms with Crippen LogP contribution in [0.15, 0.2) is 23.1 Å². The molecule has 0 saturated heterocycles. The summed E-state index contributed by atoms with van der Waals surface area (Å²) in [6, 6.07) is 3.23. The molecule has 0 aliphatic rings. The van der Waals surface area contributed by atoms with E-state index in [0.29, 0.717) is 6.54 Å². The van der Waals surface area contributed by atoms with Crippen molar-refractivity contribution in [1.82, 2.24) is 9.62 Å². The van der Waals surface area contributed by atoms with Gasteiger partial charge in [0.2, 0.25) is 15.9 Å². The van der Waals surface area contributed by atoms with Gasteiger partial charge in [-0.15, -0.1) is 0 Å². The zero-order chi connectivity index (χ0) is 16.0. The normalized spacial score (nSPS) is 11.5. The van der Waals surface area contributed by atoms with E-state index >= 15 is 0 Å². The Bertz CT molecular complexity index is 604. The highest BCUT2D eigenvalue weighted by Crippen LogP contribution is 2.27. The number of methoxy groups -OCH3 is 1. The maximum Gasteiger partial charge on any atom is 0.247 e. The number of rotatable bonds is 7. The van der Waals surface area contributed by atoms with E-state index in [1.54, 1.807) is 13.8 Å². The molecular weight excluding hydrogens is 299 g/mol. The molecule has 1 aromatic carbocycles. The van der Waals surface area contributed by atoms with Crippen LogP contribution in [-0.4, -0.2) is 45.4 Å². The van der Waals surface area contributed by atoms with E-state index in [1.807, 2.05) is 0 Å². The molecule has 0 unspecified atom stereocenters. The molecule has 0 aromatic heterocycles. The second-order valence-corrected chi connectivity index (χ2v) is 6.09. The third-order valence-corrected chi connectivity index (χ3v) is 4.73. The Hall–Kier alpha value is -1.67. The van der Waals surface area contributed by atoms with Gasteiger partial charge in [0.15, 0.2) is 0 Å². The molecule has 0 aliphatic carbocycles. The van der Waals surface area contributed by atoms with Crippen LogP contribution in [0.5, 0.6) is 5.75 Å². The summed E-state index contributed by atoms with van der Waals surface area (Å²) in [4.78, 5) is 11.3. The monoisotopic (exact) mass is 318 g/mol. The van der Waals surface area contributed by atoms with Gasteiger partial charge in [0.05, 0.1) is 13.7 Å². The number of carbonyl (C=O) groups excluding carboxylic acids is 1. The van der Waals surface area contributed by atoms with Gasteiger partial charge in [0, 0.05) is 13.1 Å². The van der Waals surface area contributed by atoms with Gasteiger partial charge in [-0.05, 0) is 25.1 Å². The van der Waals surface area contributed by atoms with Crippen molar-refractivity contribution in [3.63, 3.8) is 0 Å². The Balaban J connectivity index is 3.18. The minimum atomic E-state index is -4.02. The number of likely N-dealkylation sites (N-methyl/N-ethyl adjacent to an activating group) is 2. The molecule has 1 aromatic rings. The SMILES string of the molecule is CCNC(=O)CN(CC)S(=O)(=O)c1cc(F)ccc1OC. The van der Waals surface area contributed by atoms with Crippen LogP contribution >= 0.6 is 0 Å². The van der Waals surface area contributed by atoms with E-state index < -0.39 is 21.7 Å². The van der Waals surface area contributed by atoms with Crippen molar-refractivity contribution in [3.8, 4) is 5.75 Å². The highest BCUT2D eigenvalue weighted by molar-refractivity contribution is 7.89. The molecule has 0 saturated carbocycles. The van der Waals surface area contributed by atoms with Crippen LogP contribution in [0.3, 0.4) is 0 Å². The van der Waals surface area contributed by atoms with Crippen molar-refractivity contribution >= 4 is 15.9 Å². The summed E-state index contributed by atoms with van der Waals surface area (Å²) in [6.45, 7) is 3.49. The van der Waals surface area contributed by atoms with Crippen molar-refractivity contribution < 1.29 is 22.3 Å². The standard InChI is InChI=1S/C13H19FN2O4S/c1-4-15-13(17)9-16(5-2)21(18,19)12-8-10(14)6-7-11(12)20-3/h6-8H,4-5,9H2,1-3H3,(H,15,17). The lowest BCUT2D eigenvalue weighted by atomic mass is 10.3. The lowest BCUT2D eigenvalue weighted by molar-refractivity contribution is -0.121. The summed E-state index contributed by atoms with van der Waals surface area (Å²) in [5.41, 5.74) is 0. The van der Waals surface area contributed by atoms with Crippen molar-refractivity contribution in [2.75, 3.05) is 26.7 Å². The predicted octanol–water partition coefficient (Wildman–Crippen LogP) is 0.981. The Labute approximate surface area is 123 Å². The summed E-state index contributed by atoms with van der Waals surface area (Å²) in [7, 11) is -2.72. The molecule has 1 amide bonds. The fraction of sp³-hybridized carbons (Fsp3) is 0.462. The van der Waals surface area contributed by atoms with Crippen LogP contribution in [0, 0.1) is 5.82 Å². The maximum atomic E-state index is 13.3. The van der Waals surface area contributed by atoms with E-state index in [9.17, 15) is 17.6 Å². The molecule has 1 rings (SSSR count). The average molecular weight is 318 g/mol. The number of nitrogens with one attached hydrogen (secondary N) is 1. The molecule has 0 spiro atoms. The highest BCUT2D eigenvalue weighted by atomic mass is 32.2. The average Bonchev–Trinajstić information content (AvgIpc) is 2.44. The van der Waals surface area contributed by atoms with Gasteiger partial charge < -0.3 is 10.1 Å². The molecule has 21 heavy (non-hydrogen) atoms. The molecule has 118 valence electrons. The first-order valence-electron chi connectivity index (χ1n) is 6.47. The number of hydrogen-bond donors (Lipinski definition) is 1. The maximum absolute atomic E-state index is 13.3. The fourth-order valence-electron chi connectivity index (χ4n) is 1.77. The number of carbonyl (C=O) groups is 1. The van der Waals surface area contributed by atoms with Crippen LogP contribution in [0.2, 0.25) is 0 Å². The fourth-order valence-corrected chi connectivity index (χ4v) is 3.34. The van der Waals surface area contributed by atoms with Crippen molar-refractivity contribution in [2.24, 2.45) is 0 Å². The van der Waals surface area contributed by atoms with Gasteiger partial charge in [-0.3, -0.25) is 4.79 Å². The number of nitrogens with zero attached hydrogens (tertiary/aromatic N) is 1. The number of amides is 1. The molecule has 0 aliphatic heterocycles. The molecule has 8 heteroatoms.